The summed E-state index contributed by atoms with van der Waals surface area (Å²) in [6.45, 7) is -1.14. The number of hydrogen-bond donors (Lipinski definition) is 1. The van der Waals surface area contributed by atoms with Crippen LogP contribution >= 0.6 is 11.6 Å². The van der Waals surface area contributed by atoms with Crippen molar-refractivity contribution >= 4 is 35.0 Å². The Bertz CT molecular complexity index is 1180. The lowest BCUT2D eigenvalue weighted by molar-refractivity contribution is -0.131. The molecule has 1 fully saturated rings. The van der Waals surface area contributed by atoms with Crippen LogP contribution in [0.4, 0.5) is 14.5 Å². The van der Waals surface area contributed by atoms with Gasteiger partial charge < -0.3 is 15.1 Å². The fourth-order valence-electron chi connectivity index (χ4n) is 4.03. The largest absolute Gasteiger partial charge is 0.343 e. The number of nitriles is 1. The minimum Gasteiger partial charge on any atom is -0.343 e. The first-order chi connectivity index (χ1) is 15.7. The van der Waals surface area contributed by atoms with E-state index in [1.54, 1.807) is 24.3 Å². The number of likely N-dealkylation sites (tertiary alicyclic amines) is 1. The molecular weight excluding hydrogens is 456 g/mol. The fourth-order valence-corrected chi connectivity index (χ4v) is 4.22. The normalized spacial score (nSPS) is 19.1. The number of benzene rings is 1. The lowest BCUT2D eigenvalue weighted by Crippen LogP contribution is -2.43. The summed E-state index contributed by atoms with van der Waals surface area (Å²) in [5.41, 5.74) is 1.63. The van der Waals surface area contributed by atoms with Crippen molar-refractivity contribution in [3.63, 3.8) is 0 Å². The summed E-state index contributed by atoms with van der Waals surface area (Å²) < 4.78 is 27.2. The Balaban J connectivity index is 1.49. The number of alkyl halides is 2. The minimum absolute atomic E-state index is 0.104. The van der Waals surface area contributed by atoms with Gasteiger partial charge in [-0.25, -0.2) is 8.78 Å². The molecule has 1 atom stereocenters. The molecule has 0 bridgehead atoms. The number of nitrogens with one attached hydrogen (secondary N) is 1. The highest BCUT2D eigenvalue weighted by atomic mass is 35.5. The van der Waals surface area contributed by atoms with Crippen LogP contribution in [0, 0.1) is 11.3 Å². The highest BCUT2D eigenvalue weighted by Gasteiger charge is 2.47. The number of aromatic nitrogens is 1. The monoisotopic (exact) mass is 473 g/mol. The summed E-state index contributed by atoms with van der Waals surface area (Å²) in [6.07, 6.45) is 2.54. The highest BCUT2D eigenvalue weighted by Crippen LogP contribution is 2.32. The molecule has 1 unspecified atom stereocenters. The molecule has 1 aromatic carbocycles. The van der Waals surface area contributed by atoms with E-state index in [0.717, 1.165) is 10.5 Å². The Morgan fingerprint density at radius 2 is 2.12 bits per heavy atom. The Morgan fingerprint density at radius 1 is 1.33 bits per heavy atom. The number of halogens is 3. The number of carbonyl (C=O) groups is 3. The molecule has 0 radical (unpaired) electrons. The quantitative estimate of drug-likeness (QED) is 0.734. The van der Waals surface area contributed by atoms with Crippen LogP contribution in [-0.4, -0.2) is 59.2 Å². The second kappa shape index (κ2) is 8.75. The lowest BCUT2D eigenvalue weighted by atomic mass is 9.98. The van der Waals surface area contributed by atoms with Gasteiger partial charge in [0.2, 0.25) is 5.91 Å². The summed E-state index contributed by atoms with van der Waals surface area (Å²) in [6, 6.07) is 6.81. The van der Waals surface area contributed by atoms with Gasteiger partial charge in [0.1, 0.15) is 6.04 Å². The summed E-state index contributed by atoms with van der Waals surface area (Å²) in [7, 11) is 0. The van der Waals surface area contributed by atoms with Crippen molar-refractivity contribution in [1.29, 1.82) is 5.26 Å². The van der Waals surface area contributed by atoms with E-state index < -0.39 is 43.3 Å². The van der Waals surface area contributed by atoms with Gasteiger partial charge in [-0.15, -0.1) is 0 Å². The third-order valence-corrected chi connectivity index (χ3v) is 5.86. The zero-order valence-electron chi connectivity index (χ0n) is 17.2. The third kappa shape index (κ3) is 4.50. The average molecular weight is 474 g/mol. The molecule has 4 rings (SSSR count). The second-order valence-corrected chi connectivity index (χ2v) is 8.25. The summed E-state index contributed by atoms with van der Waals surface area (Å²) in [5.74, 6) is -4.92. The molecule has 2 aromatic rings. The van der Waals surface area contributed by atoms with E-state index in [1.165, 1.54) is 23.4 Å². The number of pyridine rings is 1. The van der Waals surface area contributed by atoms with E-state index in [1.807, 2.05) is 0 Å². The van der Waals surface area contributed by atoms with Gasteiger partial charge in [0.15, 0.2) is 0 Å². The van der Waals surface area contributed by atoms with Crippen molar-refractivity contribution < 1.29 is 23.2 Å². The number of hydrogen-bond acceptors (Lipinski definition) is 5. The van der Waals surface area contributed by atoms with Gasteiger partial charge in [-0.1, -0.05) is 11.6 Å². The van der Waals surface area contributed by atoms with Crippen molar-refractivity contribution in [1.82, 2.24) is 15.2 Å². The van der Waals surface area contributed by atoms with E-state index in [0.29, 0.717) is 23.6 Å². The first-order valence-corrected chi connectivity index (χ1v) is 10.5. The molecule has 170 valence electrons. The van der Waals surface area contributed by atoms with Crippen molar-refractivity contribution in [2.75, 3.05) is 24.5 Å². The molecule has 2 aliphatic rings. The van der Waals surface area contributed by atoms with Crippen molar-refractivity contribution in [3.05, 3.63) is 58.4 Å². The van der Waals surface area contributed by atoms with Crippen molar-refractivity contribution in [2.45, 2.75) is 24.8 Å². The van der Waals surface area contributed by atoms with Crippen LogP contribution in [0.15, 0.2) is 36.7 Å². The van der Waals surface area contributed by atoms with Crippen molar-refractivity contribution in [2.24, 2.45) is 0 Å². The standard InChI is InChI=1S/C22H18ClF2N5O3/c23-14-1-2-16-13(7-14)4-6-29(21(16)33)18-10-27-5-3-17(18)20(32)28-11-19(31)30-12-22(24,25)8-15(30)9-26/h1-3,5,7,10,15H,4,6,8,11-12H2,(H,28,32). The van der Waals surface area contributed by atoms with E-state index >= 15 is 0 Å². The minimum atomic E-state index is -3.15. The molecule has 0 spiro atoms. The summed E-state index contributed by atoms with van der Waals surface area (Å²) in [4.78, 5) is 44.4. The van der Waals surface area contributed by atoms with Gasteiger partial charge in [0, 0.05) is 29.7 Å². The SMILES string of the molecule is N#CC1CC(F)(F)CN1C(=O)CNC(=O)c1ccncc1N1CCc2cc(Cl)ccc2C1=O. The van der Waals surface area contributed by atoms with E-state index in [9.17, 15) is 23.2 Å². The Labute approximate surface area is 192 Å². The van der Waals surface area contributed by atoms with E-state index in [2.05, 4.69) is 10.3 Å². The fraction of sp³-hybridized carbons (Fsp3) is 0.318. The maximum absolute atomic E-state index is 13.6. The van der Waals surface area contributed by atoms with Gasteiger partial charge >= 0.3 is 0 Å². The zero-order chi connectivity index (χ0) is 23.8. The van der Waals surface area contributed by atoms with Crippen LogP contribution in [0.3, 0.4) is 0 Å². The second-order valence-electron chi connectivity index (χ2n) is 7.81. The third-order valence-electron chi connectivity index (χ3n) is 5.62. The lowest BCUT2D eigenvalue weighted by Gasteiger charge is -2.29. The van der Waals surface area contributed by atoms with Crippen LogP contribution in [0.1, 0.15) is 32.7 Å². The molecule has 33 heavy (non-hydrogen) atoms. The van der Waals surface area contributed by atoms with E-state index in [4.69, 9.17) is 16.9 Å². The van der Waals surface area contributed by atoms with Crippen LogP contribution in [-0.2, 0) is 11.2 Å². The zero-order valence-corrected chi connectivity index (χ0v) is 18.0. The maximum atomic E-state index is 13.6. The topological polar surface area (TPSA) is 106 Å². The van der Waals surface area contributed by atoms with Crippen molar-refractivity contribution in [3.8, 4) is 6.07 Å². The molecule has 1 saturated heterocycles. The smallest absolute Gasteiger partial charge is 0.268 e. The number of anilines is 1. The van der Waals surface area contributed by atoms with Crippen LogP contribution in [0.2, 0.25) is 5.02 Å². The number of fused-ring (bicyclic) bond motifs is 1. The summed E-state index contributed by atoms with van der Waals surface area (Å²) >= 11 is 6.01. The van der Waals surface area contributed by atoms with Crippen LogP contribution < -0.4 is 10.2 Å². The van der Waals surface area contributed by atoms with E-state index in [-0.39, 0.29) is 17.2 Å². The molecular formula is C22H18ClF2N5O3. The maximum Gasteiger partial charge on any atom is 0.268 e. The number of carbonyl (C=O) groups excluding carboxylic acids is 3. The van der Waals surface area contributed by atoms with Gasteiger partial charge in [-0.2, -0.15) is 5.26 Å². The molecule has 1 aromatic heterocycles. The Kier molecular flexibility index (Phi) is 5.99. The van der Waals surface area contributed by atoms with Crippen LogP contribution in [0.25, 0.3) is 0 Å². The number of rotatable bonds is 4. The van der Waals surface area contributed by atoms with Gasteiger partial charge in [0.25, 0.3) is 17.7 Å². The number of amides is 3. The van der Waals surface area contributed by atoms with Gasteiger partial charge in [0.05, 0.1) is 36.6 Å². The molecule has 2 aliphatic heterocycles. The molecule has 0 aliphatic carbocycles. The van der Waals surface area contributed by atoms with Gasteiger partial charge in [-0.3, -0.25) is 19.4 Å². The molecule has 1 N–H and O–H groups in total. The highest BCUT2D eigenvalue weighted by molar-refractivity contribution is 6.30. The molecule has 3 amide bonds. The molecule has 11 heteroatoms. The Hall–Kier alpha value is -3.58. The van der Waals surface area contributed by atoms with Gasteiger partial charge in [-0.05, 0) is 36.2 Å². The molecule has 0 saturated carbocycles. The summed E-state index contributed by atoms with van der Waals surface area (Å²) in [5, 5.41) is 12.0. The first-order valence-electron chi connectivity index (χ1n) is 10.1. The average Bonchev–Trinajstić information content (AvgIpc) is 3.12. The van der Waals surface area contributed by atoms with Crippen LogP contribution in [0.5, 0.6) is 0 Å². The molecule has 3 heterocycles. The number of nitrogens with zero attached hydrogens (tertiary/aromatic N) is 4. The Morgan fingerprint density at radius 3 is 2.88 bits per heavy atom. The first kappa shape index (κ1) is 22.6. The predicted molar refractivity (Wildman–Crippen MR) is 114 cm³/mol. The molecule has 8 nitrogen and oxygen atoms in total. The predicted octanol–water partition coefficient (Wildman–Crippen LogP) is 2.43.